The van der Waals surface area contributed by atoms with Crippen molar-refractivity contribution in [1.82, 2.24) is 9.97 Å². The Morgan fingerprint density at radius 1 is 1.29 bits per heavy atom. The van der Waals surface area contributed by atoms with Gasteiger partial charge in [0.15, 0.2) is 0 Å². The lowest BCUT2D eigenvalue weighted by atomic mass is 10.1. The van der Waals surface area contributed by atoms with E-state index in [9.17, 15) is 0 Å². The second-order valence-electron chi connectivity index (χ2n) is 4.91. The molecule has 0 saturated carbocycles. The highest BCUT2D eigenvalue weighted by atomic mass is 32.2. The summed E-state index contributed by atoms with van der Waals surface area (Å²) in [7, 11) is 0. The Morgan fingerprint density at radius 2 is 2.14 bits per heavy atom. The summed E-state index contributed by atoms with van der Waals surface area (Å²) in [5, 5.41) is 5.13. The van der Waals surface area contributed by atoms with Gasteiger partial charge in [0.05, 0.1) is 12.3 Å². The van der Waals surface area contributed by atoms with E-state index in [1.165, 1.54) is 5.56 Å². The molecule has 1 N–H and O–H groups in total. The zero-order valence-corrected chi connectivity index (χ0v) is 13.1. The summed E-state index contributed by atoms with van der Waals surface area (Å²) in [6.07, 6.45) is 3.81. The SMILES string of the molecule is CCOc1ccccc1Nc1ncnc2c1CC(CC)S2. The lowest BCUT2D eigenvalue weighted by Crippen LogP contribution is -2.04. The number of hydrogen-bond acceptors (Lipinski definition) is 5. The van der Waals surface area contributed by atoms with Gasteiger partial charge in [0.2, 0.25) is 0 Å². The summed E-state index contributed by atoms with van der Waals surface area (Å²) in [5.74, 6) is 1.75. The maximum atomic E-state index is 5.66. The third-order valence-corrected chi connectivity index (χ3v) is 4.92. The fourth-order valence-corrected chi connectivity index (χ4v) is 3.59. The molecular formula is C16H19N3OS. The normalized spacial score (nSPS) is 16.6. The number of rotatable bonds is 5. The Balaban J connectivity index is 1.89. The molecule has 1 aromatic heterocycles. The zero-order valence-electron chi connectivity index (χ0n) is 12.3. The Hall–Kier alpha value is -1.75. The Bertz CT molecular complexity index is 633. The van der Waals surface area contributed by atoms with Crippen molar-refractivity contribution in [3.63, 3.8) is 0 Å². The highest BCUT2D eigenvalue weighted by molar-refractivity contribution is 8.00. The monoisotopic (exact) mass is 301 g/mol. The van der Waals surface area contributed by atoms with Crippen molar-refractivity contribution in [2.45, 2.75) is 37.0 Å². The van der Waals surface area contributed by atoms with E-state index in [1.807, 2.05) is 43.0 Å². The van der Waals surface area contributed by atoms with Crippen LogP contribution in [0.5, 0.6) is 5.75 Å². The number of fused-ring (bicyclic) bond motifs is 1. The second kappa shape index (κ2) is 6.35. The summed E-state index contributed by atoms with van der Waals surface area (Å²) in [5.41, 5.74) is 2.17. The summed E-state index contributed by atoms with van der Waals surface area (Å²) in [6, 6.07) is 7.95. The van der Waals surface area contributed by atoms with Crippen LogP contribution in [0.15, 0.2) is 35.6 Å². The number of ether oxygens (including phenoxy) is 1. The molecule has 1 aliphatic rings. The molecule has 1 unspecified atom stereocenters. The van der Waals surface area contributed by atoms with Crippen LogP contribution in [-0.4, -0.2) is 21.8 Å². The smallest absolute Gasteiger partial charge is 0.142 e. The number of benzene rings is 1. The topological polar surface area (TPSA) is 47.0 Å². The molecule has 21 heavy (non-hydrogen) atoms. The number of thioether (sulfide) groups is 1. The van der Waals surface area contributed by atoms with Crippen LogP contribution < -0.4 is 10.1 Å². The highest BCUT2D eigenvalue weighted by Gasteiger charge is 2.25. The van der Waals surface area contributed by atoms with Crippen LogP contribution in [0.25, 0.3) is 0 Å². The summed E-state index contributed by atoms with van der Waals surface area (Å²) in [4.78, 5) is 8.82. The number of nitrogens with zero attached hydrogens (tertiary/aromatic N) is 2. The maximum absolute atomic E-state index is 5.66. The van der Waals surface area contributed by atoms with Crippen LogP contribution in [0.2, 0.25) is 0 Å². The van der Waals surface area contributed by atoms with Crippen LogP contribution in [0.3, 0.4) is 0 Å². The van der Waals surface area contributed by atoms with Gasteiger partial charge in [0, 0.05) is 10.8 Å². The lowest BCUT2D eigenvalue weighted by molar-refractivity contribution is 0.342. The average Bonchev–Trinajstić information content (AvgIpc) is 2.94. The quantitative estimate of drug-likeness (QED) is 0.844. The summed E-state index contributed by atoms with van der Waals surface area (Å²) in [6.45, 7) is 4.85. The van der Waals surface area contributed by atoms with Crippen LogP contribution in [0.4, 0.5) is 11.5 Å². The van der Waals surface area contributed by atoms with Crippen LogP contribution >= 0.6 is 11.8 Å². The molecule has 4 nitrogen and oxygen atoms in total. The predicted molar refractivity (Wildman–Crippen MR) is 86.6 cm³/mol. The van der Waals surface area contributed by atoms with E-state index in [1.54, 1.807) is 6.33 Å². The molecule has 0 bridgehead atoms. The first-order chi connectivity index (χ1) is 10.3. The second-order valence-corrected chi connectivity index (χ2v) is 6.20. The van der Waals surface area contributed by atoms with E-state index in [2.05, 4.69) is 22.2 Å². The Kier molecular flexibility index (Phi) is 4.29. The number of para-hydroxylation sites is 2. The maximum Gasteiger partial charge on any atom is 0.142 e. The van der Waals surface area contributed by atoms with Crippen molar-refractivity contribution in [2.75, 3.05) is 11.9 Å². The van der Waals surface area contributed by atoms with Crippen LogP contribution in [0.1, 0.15) is 25.8 Å². The molecule has 0 spiro atoms. The molecule has 1 aromatic carbocycles. The molecule has 110 valence electrons. The summed E-state index contributed by atoms with van der Waals surface area (Å²) >= 11 is 1.85. The molecule has 0 radical (unpaired) electrons. The molecule has 0 saturated heterocycles. The van der Waals surface area contributed by atoms with Gasteiger partial charge in [-0.2, -0.15) is 0 Å². The van der Waals surface area contributed by atoms with Crippen LogP contribution in [-0.2, 0) is 6.42 Å². The molecule has 3 rings (SSSR count). The van der Waals surface area contributed by atoms with Gasteiger partial charge in [-0.1, -0.05) is 19.1 Å². The highest BCUT2D eigenvalue weighted by Crippen LogP contribution is 2.40. The molecule has 2 heterocycles. The molecule has 0 aliphatic carbocycles. The summed E-state index contributed by atoms with van der Waals surface area (Å²) < 4.78 is 5.66. The zero-order chi connectivity index (χ0) is 14.7. The third-order valence-electron chi connectivity index (χ3n) is 3.51. The third kappa shape index (κ3) is 2.97. The van der Waals surface area contributed by atoms with Gasteiger partial charge in [-0.3, -0.25) is 0 Å². The minimum absolute atomic E-state index is 0.611. The molecule has 1 atom stereocenters. The van der Waals surface area contributed by atoms with E-state index < -0.39 is 0 Å². The molecule has 0 amide bonds. The van der Waals surface area contributed by atoms with E-state index >= 15 is 0 Å². The predicted octanol–water partition coefficient (Wildman–Crippen LogP) is 4.05. The van der Waals surface area contributed by atoms with Gasteiger partial charge in [0.25, 0.3) is 0 Å². The van der Waals surface area contributed by atoms with Gasteiger partial charge in [-0.05, 0) is 31.9 Å². The number of anilines is 2. The van der Waals surface area contributed by atoms with Crippen molar-refractivity contribution < 1.29 is 4.74 Å². The first-order valence-corrected chi connectivity index (χ1v) is 8.19. The van der Waals surface area contributed by atoms with Crippen molar-refractivity contribution >= 4 is 23.3 Å². The minimum atomic E-state index is 0.611. The van der Waals surface area contributed by atoms with Gasteiger partial charge < -0.3 is 10.1 Å². The van der Waals surface area contributed by atoms with Crippen molar-refractivity contribution in [3.8, 4) is 5.75 Å². The average molecular weight is 301 g/mol. The van der Waals surface area contributed by atoms with Gasteiger partial charge >= 0.3 is 0 Å². The standard InChI is InChI=1S/C16H19N3OS/c1-3-11-9-12-15(17-10-18-16(12)21-11)19-13-7-5-6-8-14(13)20-4-2/h5-8,10-11H,3-4,9H2,1-2H3,(H,17,18,19). The Labute approximate surface area is 129 Å². The van der Waals surface area contributed by atoms with Crippen molar-refractivity contribution in [3.05, 3.63) is 36.2 Å². The molecular weight excluding hydrogens is 282 g/mol. The van der Waals surface area contributed by atoms with E-state index in [-0.39, 0.29) is 0 Å². The first kappa shape index (κ1) is 14.2. The molecule has 1 aliphatic heterocycles. The van der Waals surface area contributed by atoms with Gasteiger partial charge in [-0.25, -0.2) is 9.97 Å². The molecule has 0 fully saturated rings. The number of aromatic nitrogens is 2. The van der Waals surface area contributed by atoms with Crippen molar-refractivity contribution in [1.29, 1.82) is 0 Å². The fourth-order valence-electron chi connectivity index (χ4n) is 2.42. The van der Waals surface area contributed by atoms with Crippen molar-refractivity contribution in [2.24, 2.45) is 0 Å². The van der Waals surface area contributed by atoms with E-state index in [0.29, 0.717) is 11.9 Å². The number of hydrogen-bond donors (Lipinski definition) is 1. The van der Waals surface area contributed by atoms with Gasteiger partial charge in [0.1, 0.15) is 22.9 Å². The Morgan fingerprint density at radius 3 is 2.95 bits per heavy atom. The fraction of sp³-hybridized carbons (Fsp3) is 0.375. The minimum Gasteiger partial charge on any atom is -0.492 e. The molecule has 5 heteroatoms. The number of nitrogens with one attached hydrogen (secondary N) is 1. The van der Waals surface area contributed by atoms with Crippen LogP contribution in [0, 0.1) is 0 Å². The van der Waals surface area contributed by atoms with Gasteiger partial charge in [-0.15, -0.1) is 11.8 Å². The van der Waals surface area contributed by atoms with E-state index in [4.69, 9.17) is 4.74 Å². The van der Waals surface area contributed by atoms with E-state index in [0.717, 1.165) is 35.1 Å². The first-order valence-electron chi connectivity index (χ1n) is 7.31. The molecule has 2 aromatic rings. The largest absolute Gasteiger partial charge is 0.492 e. The lowest BCUT2D eigenvalue weighted by Gasteiger charge is -2.13.